The van der Waals surface area contributed by atoms with Gasteiger partial charge in [-0.25, -0.2) is 0 Å². The number of nitriles is 1. The standard InChI is InChI=1S/C24H23F3N6O/c25-24(26,27)21-8-19(5-4-18(21)9-28)31-22(34)23(6-1-7-23)33-15-16(10-30-33)2-3-17-13-32(14-17)20-11-29-12-20/h4-5,8,10,15,17,20,29H,1,6-7,11-14H2,(H,31,34). The molecule has 2 saturated heterocycles. The average Bonchev–Trinajstić information content (AvgIpc) is 3.15. The first-order chi connectivity index (χ1) is 16.3. The second kappa shape index (κ2) is 8.46. The molecule has 2 aliphatic heterocycles. The van der Waals surface area contributed by atoms with Crippen molar-refractivity contribution >= 4 is 11.6 Å². The topological polar surface area (TPSA) is 86.0 Å². The van der Waals surface area contributed by atoms with Crippen LogP contribution in [0.5, 0.6) is 0 Å². The van der Waals surface area contributed by atoms with Gasteiger partial charge in [0.1, 0.15) is 5.54 Å². The van der Waals surface area contributed by atoms with Gasteiger partial charge in [-0.05, 0) is 37.5 Å². The first-order valence-electron chi connectivity index (χ1n) is 11.2. The fourth-order valence-electron chi connectivity index (χ4n) is 4.51. The molecule has 0 bridgehead atoms. The lowest BCUT2D eigenvalue weighted by Gasteiger charge is -2.46. The minimum atomic E-state index is -4.69. The molecule has 0 radical (unpaired) electrons. The Bertz CT molecular complexity index is 1200. The van der Waals surface area contributed by atoms with Gasteiger partial charge in [0.15, 0.2) is 0 Å². The van der Waals surface area contributed by atoms with Crippen LogP contribution in [0, 0.1) is 29.1 Å². The molecule has 3 heterocycles. The zero-order chi connectivity index (χ0) is 23.9. The van der Waals surface area contributed by atoms with Gasteiger partial charge < -0.3 is 10.6 Å². The maximum atomic E-state index is 13.3. The molecular formula is C24H23F3N6O. The Hall–Kier alpha value is -3.34. The lowest BCUT2D eigenvalue weighted by atomic mass is 9.76. The van der Waals surface area contributed by atoms with E-state index in [1.807, 2.05) is 0 Å². The molecule has 1 aliphatic carbocycles. The van der Waals surface area contributed by atoms with E-state index in [0.717, 1.165) is 44.7 Å². The predicted molar refractivity (Wildman–Crippen MR) is 117 cm³/mol. The molecule has 0 unspecified atom stereocenters. The van der Waals surface area contributed by atoms with Crippen molar-refractivity contribution in [1.82, 2.24) is 20.0 Å². The van der Waals surface area contributed by atoms with Crippen molar-refractivity contribution < 1.29 is 18.0 Å². The highest BCUT2D eigenvalue weighted by Gasteiger charge is 2.47. The summed E-state index contributed by atoms with van der Waals surface area (Å²) in [6, 6.07) is 5.33. The molecule has 7 nitrogen and oxygen atoms in total. The van der Waals surface area contributed by atoms with E-state index in [2.05, 4.69) is 32.5 Å². The fourth-order valence-corrected chi connectivity index (χ4v) is 4.51. The highest BCUT2D eigenvalue weighted by Crippen LogP contribution is 2.40. The van der Waals surface area contributed by atoms with E-state index in [9.17, 15) is 18.0 Å². The molecule has 10 heteroatoms. The molecule has 1 aromatic carbocycles. The van der Waals surface area contributed by atoms with E-state index in [-0.39, 0.29) is 5.69 Å². The number of halogens is 3. The van der Waals surface area contributed by atoms with Crippen molar-refractivity contribution in [3.63, 3.8) is 0 Å². The van der Waals surface area contributed by atoms with Crippen LogP contribution in [0.2, 0.25) is 0 Å². The van der Waals surface area contributed by atoms with E-state index in [4.69, 9.17) is 5.26 Å². The summed E-state index contributed by atoms with van der Waals surface area (Å²) in [5.74, 6) is 6.31. The summed E-state index contributed by atoms with van der Waals surface area (Å²) < 4.78 is 41.4. The van der Waals surface area contributed by atoms with Crippen LogP contribution in [0.25, 0.3) is 0 Å². The Morgan fingerprint density at radius 2 is 2.03 bits per heavy atom. The molecule has 1 saturated carbocycles. The number of nitrogens with one attached hydrogen (secondary N) is 2. The van der Waals surface area contributed by atoms with Gasteiger partial charge in [-0.3, -0.25) is 14.4 Å². The minimum Gasteiger partial charge on any atom is -0.324 e. The number of alkyl halides is 3. The number of anilines is 1. The van der Waals surface area contributed by atoms with E-state index in [1.54, 1.807) is 23.1 Å². The van der Waals surface area contributed by atoms with E-state index >= 15 is 0 Å². The van der Waals surface area contributed by atoms with Crippen LogP contribution in [0.4, 0.5) is 18.9 Å². The highest BCUT2D eigenvalue weighted by atomic mass is 19.4. The van der Waals surface area contributed by atoms with Crippen LogP contribution < -0.4 is 10.6 Å². The summed E-state index contributed by atoms with van der Waals surface area (Å²) in [6.45, 7) is 4.00. The Labute approximate surface area is 194 Å². The molecule has 1 amide bonds. The van der Waals surface area contributed by atoms with Crippen molar-refractivity contribution in [3.05, 3.63) is 47.3 Å². The lowest BCUT2D eigenvalue weighted by Crippen LogP contribution is -2.63. The van der Waals surface area contributed by atoms with Gasteiger partial charge in [0.2, 0.25) is 0 Å². The van der Waals surface area contributed by atoms with Crippen molar-refractivity contribution in [2.45, 2.75) is 37.0 Å². The number of hydrogen-bond acceptors (Lipinski definition) is 5. The van der Waals surface area contributed by atoms with Crippen LogP contribution >= 0.6 is 0 Å². The summed E-state index contributed by atoms with van der Waals surface area (Å²) in [7, 11) is 0. The fraction of sp³-hybridized carbons (Fsp3) is 0.458. The number of nitrogens with zero attached hydrogens (tertiary/aromatic N) is 4. The molecule has 0 spiro atoms. The third-order valence-corrected chi connectivity index (χ3v) is 6.93. The summed E-state index contributed by atoms with van der Waals surface area (Å²) in [5, 5.41) is 19.2. The number of carbonyl (C=O) groups excluding carboxylic acids is 1. The molecule has 3 aliphatic rings. The largest absolute Gasteiger partial charge is 0.417 e. The maximum Gasteiger partial charge on any atom is 0.417 e. The summed E-state index contributed by atoms with van der Waals surface area (Å²) in [6.07, 6.45) is 0.533. The minimum absolute atomic E-state index is 0.00836. The smallest absolute Gasteiger partial charge is 0.324 e. The number of benzene rings is 1. The first-order valence-corrected chi connectivity index (χ1v) is 11.2. The molecule has 0 atom stereocenters. The third-order valence-electron chi connectivity index (χ3n) is 6.93. The first kappa shape index (κ1) is 22.5. The summed E-state index contributed by atoms with van der Waals surface area (Å²) >= 11 is 0. The molecule has 2 aromatic rings. The van der Waals surface area contributed by atoms with Gasteiger partial charge >= 0.3 is 6.18 Å². The van der Waals surface area contributed by atoms with Crippen molar-refractivity contribution in [3.8, 4) is 17.9 Å². The van der Waals surface area contributed by atoms with E-state index < -0.39 is 28.7 Å². The van der Waals surface area contributed by atoms with Gasteiger partial charge in [0.05, 0.1) is 29.0 Å². The molecule has 1 aromatic heterocycles. The number of carbonyl (C=O) groups is 1. The molecule has 2 N–H and O–H groups in total. The molecule has 176 valence electrons. The Morgan fingerprint density at radius 1 is 1.26 bits per heavy atom. The van der Waals surface area contributed by atoms with Gasteiger partial charge in [-0.1, -0.05) is 11.8 Å². The van der Waals surface area contributed by atoms with Crippen molar-refractivity contribution in [2.24, 2.45) is 5.92 Å². The highest BCUT2D eigenvalue weighted by molar-refractivity contribution is 5.97. The van der Waals surface area contributed by atoms with Gasteiger partial charge in [-0.15, -0.1) is 0 Å². The monoisotopic (exact) mass is 468 g/mol. The Morgan fingerprint density at radius 3 is 2.62 bits per heavy atom. The number of likely N-dealkylation sites (tertiary alicyclic amines) is 1. The van der Waals surface area contributed by atoms with Gasteiger partial charge in [-0.2, -0.15) is 23.5 Å². The summed E-state index contributed by atoms with van der Waals surface area (Å²) in [4.78, 5) is 15.5. The third kappa shape index (κ3) is 4.04. The Kier molecular flexibility index (Phi) is 5.59. The van der Waals surface area contributed by atoms with Gasteiger partial charge in [0, 0.05) is 50.0 Å². The zero-order valence-corrected chi connectivity index (χ0v) is 18.3. The quantitative estimate of drug-likeness (QED) is 0.674. The Balaban J connectivity index is 1.28. The van der Waals surface area contributed by atoms with Crippen LogP contribution in [0.1, 0.15) is 36.0 Å². The number of aromatic nitrogens is 2. The number of rotatable bonds is 4. The van der Waals surface area contributed by atoms with Crippen LogP contribution in [0.15, 0.2) is 30.6 Å². The number of amides is 1. The van der Waals surface area contributed by atoms with Crippen LogP contribution in [0.3, 0.4) is 0 Å². The normalized spacial score (nSPS) is 20.2. The molecule has 5 rings (SSSR count). The average molecular weight is 468 g/mol. The SMILES string of the molecule is N#Cc1ccc(NC(=O)C2(n3cc(C#CC4CN(C5CNC5)C4)cn3)CCC2)cc1C(F)(F)F. The van der Waals surface area contributed by atoms with Crippen LogP contribution in [-0.4, -0.2) is 52.8 Å². The zero-order valence-electron chi connectivity index (χ0n) is 18.3. The van der Waals surface area contributed by atoms with E-state index in [0.29, 0.717) is 30.4 Å². The van der Waals surface area contributed by atoms with Gasteiger partial charge in [0.25, 0.3) is 5.91 Å². The predicted octanol–water partition coefficient (Wildman–Crippen LogP) is 2.55. The second-order valence-electron chi connectivity index (χ2n) is 9.12. The molecule has 34 heavy (non-hydrogen) atoms. The van der Waals surface area contributed by atoms with E-state index in [1.165, 1.54) is 6.07 Å². The molecular weight excluding hydrogens is 445 g/mol. The molecule has 3 fully saturated rings. The maximum absolute atomic E-state index is 13.3. The van der Waals surface area contributed by atoms with Crippen molar-refractivity contribution in [1.29, 1.82) is 5.26 Å². The van der Waals surface area contributed by atoms with Crippen molar-refractivity contribution in [2.75, 3.05) is 31.5 Å². The second-order valence-corrected chi connectivity index (χ2v) is 9.12. The summed E-state index contributed by atoms with van der Waals surface area (Å²) in [5.41, 5.74) is -1.82. The lowest BCUT2D eigenvalue weighted by molar-refractivity contribution is -0.137. The number of hydrogen-bond donors (Lipinski definition) is 2. The van der Waals surface area contributed by atoms with Crippen LogP contribution in [-0.2, 0) is 16.5 Å².